The molecular weight excluding hydrogens is 314 g/mol. The van der Waals surface area contributed by atoms with E-state index in [1.165, 1.54) is 7.11 Å². The fourth-order valence-corrected chi connectivity index (χ4v) is 2.77. The third-order valence-electron chi connectivity index (χ3n) is 4.22. The van der Waals surface area contributed by atoms with Gasteiger partial charge in [-0.3, -0.25) is 9.59 Å². The lowest BCUT2D eigenvalue weighted by Gasteiger charge is -2.28. The molecule has 2 aliphatic rings. The van der Waals surface area contributed by atoms with Crippen LogP contribution in [0.3, 0.4) is 0 Å². The summed E-state index contributed by atoms with van der Waals surface area (Å²) in [4.78, 5) is 25.9. The van der Waals surface area contributed by atoms with E-state index in [4.69, 9.17) is 19.9 Å². The van der Waals surface area contributed by atoms with Crippen LogP contribution in [-0.2, 0) is 19.1 Å². The Labute approximate surface area is 139 Å². The predicted molar refractivity (Wildman–Crippen MR) is 87.2 cm³/mol. The van der Waals surface area contributed by atoms with Gasteiger partial charge in [-0.1, -0.05) is 0 Å². The third kappa shape index (κ3) is 3.21. The van der Waals surface area contributed by atoms with E-state index in [1.807, 2.05) is 0 Å². The molecule has 24 heavy (non-hydrogen) atoms. The molecule has 1 atom stereocenters. The molecule has 2 aliphatic heterocycles. The molecule has 8 nitrogen and oxygen atoms in total. The molecule has 1 unspecified atom stereocenters. The second-order valence-electron chi connectivity index (χ2n) is 5.90. The quantitative estimate of drug-likeness (QED) is 0.810. The number of methoxy groups -OCH3 is 1. The summed E-state index contributed by atoms with van der Waals surface area (Å²) >= 11 is 0. The van der Waals surface area contributed by atoms with Crippen LogP contribution in [0.4, 0.5) is 11.4 Å². The molecule has 0 radical (unpaired) electrons. The SMILES string of the molecule is COc1cc(NC(=O)C2(N)CCOC2)ccc1N1CCOCC1=O. The van der Waals surface area contributed by atoms with Crippen molar-refractivity contribution in [2.45, 2.75) is 12.0 Å². The van der Waals surface area contributed by atoms with E-state index in [1.54, 1.807) is 23.1 Å². The Balaban J connectivity index is 1.78. The zero-order valence-electron chi connectivity index (χ0n) is 13.5. The Bertz CT molecular complexity index is 643. The van der Waals surface area contributed by atoms with Crippen LogP contribution in [0, 0.1) is 0 Å². The van der Waals surface area contributed by atoms with Gasteiger partial charge < -0.3 is 30.2 Å². The fourth-order valence-electron chi connectivity index (χ4n) is 2.77. The van der Waals surface area contributed by atoms with E-state index in [0.29, 0.717) is 43.3 Å². The van der Waals surface area contributed by atoms with E-state index in [0.717, 1.165) is 0 Å². The van der Waals surface area contributed by atoms with E-state index in [-0.39, 0.29) is 25.0 Å². The molecule has 1 aromatic carbocycles. The summed E-state index contributed by atoms with van der Waals surface area (Å²) < 4.78 is 15.7. The zero-order chi connectivity index (χ0) is 17.2. The van der Waals surface area contributed by atoms with Gasteiger partial charge in [0.1, 0.15) is 17.9 Å². The number of nitrogens with two attached hydrogens (primary N) is 1. The van der Waals surface area contributed by atoms with Crippen LogP contribution in [0.5, 0.6) is 5.75 Å². The zero-order valence-corrected chi connectivity index (χ0v) is 13.5. The van der Waals surface area contributed by atoms with Gasteiger partial charge >= 0.3 is 0 Å². The number of carbonyl (C=O) groups excluding carboxylic acids is 2. The van der Waals surface area contributed by atoms with Gasteiger partial charge in [0.25, 0.3) is 5.91 Å². The third-order valence-corrected chi connectivity index (χ3v) is 4.22. The van der Waals surface area contributed by atoms with Crippen LogP contribution in [0.25, 0.3) is 0 Å². The summed E-state index contributed by atoms with van der Waals surface area (Å²) in [6.45, 7) is 1.67. The van der Waals surface area contributed by atoms with Crippen LogP contribution in [0.2, 0.25) is 0 Å². The average molecular weight is 335 g/mol. The molecule has 2 heterocycles. The van der Waals surface area contributed by atoms with Crippen LogP contribution in [-0.4, -0.2) is 57.4 Å². The van der Waals surface area contributed by atoms with Gasteiger partial charge in [-0.05, 0) is 18.6 Å². The summed E-state index contributed by atoms with van der Waals surface area (Å²) in [5, 5.41) is 2.79. The lowest BCUT2D eigenvalue weighted by atomic mass is 9.99. The number of hydrogen-bond donors (Lipinski definition) is 2. The number of carbonyl (C=O) groups is 2. The Morgan fingerprint density at radius 2 is 2.21 bits per heavy atom. The second-order valence-corrected chi connectivity index (χ2v) is 5.90. The number of hydrogen-bond acceptors (Lipinski definition) is 6. The van der Waals surface area contributed by atoms with Gasteiger partial charge in [0.15, 0.2) is 0 Å². The molecule has 0 spiro atoms. The Morgan fingerprint density at radius 1 is 1.38 bits per heavy atom. The van der Waals surface area contributed by atoms with Gasteiger partial charge in [0, 0.05) is 24.9 Å². The van der Waals surface area contributed by atoms with Gasteiger partial charge in [0.05, 0.1) is 26.0 Å². The fraction of sp³-hybridized carbons (Fsp3) is 0.500. The van der Waals surface area contributed by atoms with Crippen molar-refractivity contribution in [3.05, 3.63) is 18.2 Å². The molecule has 2 amide bonds. The monoisotopic (exact) mass is 335 g/mol. The van der Waals surface area contributed by atoms with E-state index < -0.39 is 5.54 Å². The molecule has 0 aliphatic carbocycles. The number of nitrogens with zero attached hydrogens (tertiary/aromatic N) is 1. The highest BCUT2D eigenvalue weighted by Gasteiger charge is 2.38. The van der Waals surface area contributed by atoms with Crippen LogP contribution in [0.15, 0.2) is 18.2 Å². The van der Waals surface area contributed by atoms with Crippen molar-refractivity contribution in [1.82, 2.24) is 0 Å². The predicted octanol–water partition coefficient (Wildman–Crippen LogP) is 0.115. The first-order valence-corrected chi connectivity index (χ1v) is 7.78. The number of amides is 2. The topological polar surface area (TPSA) is 103 Å². The van der Waals surface area contributed by atoms with Crippen molar-refractivity contribution in [1.29, 1.82) is 0 Å². The Hall–Kier alpha value is -2.16. The maximum absolute atomic E-state index is 12.3. The van der Waals surface area contributed by atoms with E-state index >= 15 is 0 Å². The van der Waals surface area contributed by atoms with Crippen molar-refractivity contribution in [2.24, 2.45) is 5.73 Å². The molecule has 0 saturated carbocycles. The molecule has 2 saturated heterocycles. The van der Waals surface area contributed by atoms with Gasteiger partial charge in [-0.15, -0.1) is 0 Å². The number of ether oxygens (including phenoxy) is 3. The minimum absolute atomic E-state index is 0.0529. The molecule has 8 heteroatoms. The normalized spacial score (nSPS) is 24.1. The maximum Gasteiger partial charge on any atom is 0.253 e. The summed E-state index contributed by atoms with van der Waals surface area (Å²) in [6, 6.07) is 5.14. The number of anilines is 2. The van der Waals surface area contributed by atoms with Crippen LogP contribution < -0.4 is 20.7 Å². The maximum atomic E-state index is 12.3. The highest BCUT2D eigenvalue weighted by molar-refractivity contribution is 6.00. The van der Waals surface area contributed by atoms with Crippen molar-refractivity contribution < 1.29 is 23.8 Å². The molecule has 0 aromatic heterocycles. The molecule has 0 bridgehead atoms. The van der Waals surface area contributed by atoms with Gasteiger partial charge in [-0.2, -0.15) is 0 Å². The summed E-state index contributed by atoms with van der Waals surface area (Å²) in [5.41, 5.74) is 6.25. The molecule has 3 N–H and O–H groups in total. The Morgan fingerprint density at radius 3 is 2.88 bits per heavy atom. The smallest absolute Gasteiger partial charge is 0.253 e. The summed E-state index contributed by atoms with van der Waals surface area (Å²) in [5.74, 6) is 0.0781. The van der Waals surface area contributed by atoms with Crippen molar-refractivity contribution in [3.63, 3.8) is 0 Å². The largest absolute Gasteiger partial charge is 0.494 e. The number of nitrogens with one attached hydrogen (secondary N) is 1. The lowest BCUT2D eigenvalue weighted by Crippen LogP contribution is -2.51. The summed E-state index contributed by atoms with van der Waals surface area (Å²) in [7, 11) is 1.52. The van der Waals surface area contributed by atoms with Gasteiger partial charge in [-0.25, -0.2) is 0 Å². The summed E-state index contributed by atoms with van der Waals surface area (Å²) in [6.07, 6.45) is 0.482. The van der Waals surface area contributed by atoms with E-state index in [2.05, 4.69) is 5.32 Å². The van der Waals surface area contributed by atoms with Crippen molar-refractivity contribution in [2.75, 3.05) is 50.3 Å². The second kappa shape index (κ2) is 6.76. The van der Waals surface area contributed by atoms with Crippen molar-refractivity contribution >= 4 is 23.2 Å². The first-order chi connectivity index (χ1) is 11.5. The molecule has 1 aromatic rings. The number of rotatable bonds is 4. The molecule has 130 valence electrons. The van der Waals surface area contributed by atoms with Crippen molar-refractivity contribution in [3.8, 4) is 5.75 Å². The Kier molecular flexibility index (Phi) is 4.70. The highest BCUT2D eigenvalue weighted by atomic mass is 16.5. The standard InChI is InChI=1S/C16H21N3O5/c1-22-13-8-11(18-15(21)16(17)4-6-24-10-16)2-3-12(13)19-5-7-23-9-14(19)20/h2-3,8H,4-7,9-10,17H2,1H3,(H,18,21). The van der Waals surface area contributed by atoms with Crippen LogP contribution in [0.1, 0.15) is 6.42 Å². The molecular formula is C16H21N3O5. The average Bonchev–Trinajstić information content (AvgIpc) is 3.03. The first kappa shape index (κ1) is 16.7. The minimum atomic E-state index is -1.01. The highest BCUT2D eigenvalue weighted by Crippen LogP contribution is 2.32. The number of benzene rings is 1. The first-order valence-electron chi connectivity index (χ1n) is 7.78. The van der Waals surface area contributed by atoms with Crippen LogP contribution >= 0.6 is 0 Å². The lowest BCUT2D eigenvalue weighted by molar-refractivity contribution is -0.125. The van der Waals surface area contributed by atoms with E-state index in [9.17, 15) is 9.59 Å². The van der Waals surface area contributed by atoms with Gasteiger partial charge in [0.2, 0.25) is 5.91 Å². The minimum Gasteiger partial charge on any atom is -0.494 e. The number of morpholine rings is 1. The molecule has 2 fully saturated rings. The molecule has 3 rings (SSSR count).